The third-order valence-corrected chi connectivity index (χ3v) is 7.48. The molecule has 3 heterocycles. The number of aliphatic hydroxyl groups excluding tert-OH is 1. The lowest BCUT2D eigenvalue weighted by Crippen LogP contribution is -2.30. The number of ether oxygens (including phenoxy) is 3. The molecule has 2 N–H and O–H groups in total. The normalized spacial score (nSPS) is 17.4. The molecule has 0 spiro atoms. The van der Waals surface area contributed by atoms with Gasteiger partial charge in [0.25, 0.3) is 5.88 Å². The number of para-hydroxylation sites is 2. The number of fused-ring (bicyclic) bond motifs is 1. The average Bonchev–Trinajstić information content (AvgIpc) is 3.70. The topological polar surface area (TPSA) is 158 Å². The number of imidazole rings is 1. The number of benzene rings is 3. The van der Waals surface area contributed by atoms with Crippen LogP contribution < -0.4 is 15.0 Å². The molecule has 1 saturated heterocycles. The van der Waals surface area contributed by atoms with Gasteiger partial charge in [0.2, 0.25) is 11.9 Å². The van der Waals surface area contributed by atoms with Crippen LogP contribution in [0.15, 0.2) is 97.3 Å². The minimum Gasteiger partial charge on any atom is -0.456 e. The Bertz CT molecular complexity index is 1830. The molecule has 1 aliphatic heterocycles. The van der Waals surface area contributed by atoms with Crippen LogP contribution in [-0.4, -0.2) is 61.4 Å². The Morgan fingerprint density at radius 2 is 1.57 bits per heavy atom. The van der Waals surface area contributed by atoms with Gasteiger partial charge in [-0.1, -0.05) is 68.4 Å². The van der Waals surface area contributed by atoms with E-state index in [4.69, 9.17) is 14.2 Å². The summed E-state index contributed by atoms with van der Waals surface area (Å²) in [4.78, 5) is 54.0. The summed E-state index contributed by atoms with van der Waals surface area (Å²) in [5.41, 5.74) is 1.78. The number of hydrogen-bond acceptors (Lipinski definition) is 10. The van der Waals surface area contributed by atoms with Gasteiger partial charge in [-0.2, -0.15) is 9.97 Å². The van der Waals surface area contributed by atoms with E-state index in [2.05, 4.69) is 20.3 Å². The zero-order valence-corrected chi connectivity index (χ0v) is 25.6. The van der Waals surface area contributed by atoms with Gasteiger partial charge in [-0.3, -0.25) is 14.7 Å². The molecule has 47 heavy (non-hydrogen) atoms. The predicted molar refractivity (Wildman–Crippen MR) is 171 cm³/mol. The SMILES string of the molecule is CC(C)C(=O)Nc1nc(OC(=O)N(c2ccccc2)c2ccccc2)c2ncn([C@@H]3C[C@@H](OC(=O)c4ccccc4)[C@H](CO)O3)c2n1. The van der Waals surface area contributed by atoms with E-state index in [1.54, 1.807) is 97.3 Å². The Hall–Kier alpha value is -5.66. The molecule has 0 unspecified atom stereocenters. The first kappa shape index (κ1) is 31.3. The van der Waals surface area contributed by atoms with Crippen molar-refractivity contribution in [3.63, 3.8) is 0 Å². The van der Waals surface area contributed by atoms with Gasteiger partial charge in [-0.25, -0.2) is 19.5 Å². The van der Waals surface area contributed by atoms with Crippen LogP contribution in [-0.2, 0) is 14.3 Å². The summed E-state index contributed by atoms with van der Waals surface area (Å²) in [6.07, 6.45) is -1.56. The van der Waals surface area contributed by atoms with E-state index in [0.717, 1.165) is 0 Å². The quantitative estimate of drug-likeness (QED) is 0.204. The number of esters is 1. The lowest BCUT2D eigenvalue weighted by Gasteiger charge is -2.22. The Kier molecular flexibility index (Phi) is 9.18. The van der Waals surface area contributed by atoms with Crippen molar-refractivity contribution in [1.29, 1.82) is 0 Å². The highest BCUT2D eigenvalue weighted by molar-refractivity contribution is 5.98. The third kappa shape index (κ3) is 6.81. The fourth-order valence-electron chi connectivity index (χ4n) is 5.06. The molecule has 0 aliphatic carbocycles. The van der Waals surface area contributed by atoms with Gasteiger partial charge < -0.3 is 19.3 Å². The molecule has 13 heteroatoms. The number of nitrogens with zero attached hydrogens (tertiary/aromatic N) is 5. The Labute approximate surface area is 269 Å². The van der Waals surface area contributed by atoms with Gasteiger partial charge in [0.15, 0.2) is 11.2 Å². The van der Waals surface area contributed by atoms with Crippen LogP contribution >= 0.6 is 0 Å². The zero-order valence-electron chi connectivity index (χ0n) is 25.6. The first-order valence-electron chi connectivity index (χ1n) is 15.0. The molecule has 0 saturated carbocycles. The van der Waals surface area contributed by atoms with Crippen molar-refractivity contribution >= 4 is 46.5 Å². The number of aromatic nitrogens is 4. The van der Waals surface area contributed by atoms with E-state index in [1.165, 1.54) is 11.2 Å². The number of hydrogen-bond donors (Lipinski definition) is 2. The molecule has 0 bridgehead atoms. The third-order valence-electron chi connectivity index (χ3n) is 7.48. The van der Waals surface area contributed by atoms with Gasteiger partial charge in [-0.05, 0) is 36.4 Å². The summed E-state index contributed by atoms with van der Waals surface area (Å²) >= 11 is 0. The number of rotatable bonds is 9. The molecule has 0 radical (unpaired) electrons. The second-order valence-corrected chi connectivity index (χ2v) is 11.1. The van der Waals surface area contributed by atoms with E-state index in [9.17, 15) is 19.5 Å². The first-order valence-corrected chi connectivity index (χ1v) is 15.0. The average molecular weight is 637 g/mol. The fraction of sp³-hybridized carbons (Fsp3) is 0.235. The number of anilines is 3. The summed E-state index contributed by atoms with van der Waals surface area (Å²) < 4.78 is 19.2. The summed E-state index contributed by atoms with van der Waals surface area (Å²) in [6.45, 7) is 3.03. The van der Waals surface area contributed by atoms with Gasteiger partial charge in [0.05, 0.1) is 29.9 Å². The number of amides is 2. The second-order valence-electron chi connectivity index (χ2n) is 11.1. The molecular formula is C34H32N6O7. The smallest absolute Gasteiger partial charge is 0.425 e. The maximum atomic E-state index is 13.8. The van der Waals surface area contributed by atoms with Crippen molar-refractivity contribution < 1.29 is 33.7 Å². The first-order chi connectivity index (χ1) is 22.8. The van der Waals surface area contributed by atoms with Crippen molar-refractivity contribution in [2.45, 2.75) is 38.7 Å². The van der Waals surface area contributed by atoms with Crippen molar-refractivity contribution in [1.82, 2.24) is 19.5 Å². The van der Waals surface area contributed by atoms with Crippen LogP contribution in [0.5, 0.6) is 5.88 Å². The minimum atomic E-state index is -0.824. The zero-order chi connectivity index (χ0) is 32.9. The molecule has 3 aromatic carbocycles. The summed E-state index contributed by atoms with van der Waals surface area (Å²) in [5.74, 6) is -1.60. The largest absolute Gasteiger partial charge is 0.456 e. The molecule has 3 atom stereocenters. The summed E-state index contributed by atoms with van der Waals surface area (Å²) in [7, 11) is 0. The molecule has 13 nitrogen and oxygen atoms in total. The molecule has 6 rings (SSSR count). The van der Waals surface area contributed by atoms with E-state index in [0.29, 0.717) is 16.9 Å². The van der Waals surface area contributed by atoms with Crippen LogP contribution in [0.3, 0.4) is 0 Å². The van der Waals surface area contributed by atoms with E-state index >= 15 is 0 Å². The van der Waals surface area contributed by atoms with Crippen molar-refractivity contribution in [2.24, 2.45) is 5.92 Å². The number of aliphatic hydroxyl groups is 1. The van der Waals surface area contributed by atoms with Crippen LogP contribution in [0, 0.1) is 5.92 Å². The van der Waals surface area contributed by atoms with Gasteiger partial charge >= 0.3 is 12.1 Å². The lowest BCUT2D eigenvalue weighted by molar-refractivity contribution is -0.118. The number of nitrogens with one attached hydrogen (secondary N) is 1. The Balaban J connectivity index is 1.34. The fourth-order valence-corrected chi connectivity index (χ4v) is 5.06. The van der Waals surface area contributed by atoms with Gasteiger partial charge in [0.1, 0.15) is 18.4 Å². The van der Waals surface area contributed by atoms with Crippen molar-refractivity contribution in [3.8, 4) is 5.88 Å². The lowest BCUT2D eigenvalue weighted by atomic mass is 10.1. The maximum absolute atomic E-state index is 13.8. The standard InChI is InChI=1S/C34H32N6O7/c1-21(2)30(42)37-33-36-29-28(31(38-33)47-34(44)40(23-14-8-4-9-15-23)24-16-10-5-11-17-24)35-20-39(29)27-18-25(26(19-41)45-27)46-32(43)22-12-6-3-7-13-22/h3-17,20-21,25-27,41H,18-19H2,1-2H3,(H,36,37,38,42)/t25-,26+,27+/m1/s1. The molecular weight excluding hydrogens is 604 g/mol. The van der Waals surface area contributed by atoms with Gasteiger partial charge in [0, 0.05) is 12.3 Å². The highest BCUT2D eigenvalue weighted by Crippen LogP contribution is 2.35. The Morgan fingerprint density at radius 1 is 0.957 bits per heavy atom. The monoisotopic (exact) mass is 636 g/mol. The van der Waals surface area contributed by atoms with Crippen LogP contribution in [0.2, 0.25) is 0 Å². The number of carbonyl (C=O) groups is 3. The maximum Gasteiger partial charge on any atom is 0.425 e. The molecule has 1 fully saturated rings. The Morgan fingerprint density at radius 3 is 2.17 bits per heavy atom. The molecule has 5 aromatic rings. The predicted octanol–water partition coefficient (Wildman–Crippen LogP) is 5.26. The highest BCUT2D eigenvalue weighted by Gasteiger charge is 2.40. The molecule has 2 aromatic heterocycles. The van der Waals surface area contributed by atoms with Crippen molar-refractivity contribution in [2.75, 3.05) is 16.8 Å². The summed E-state index contributed by atoms with van der Waals surface area (Å²) in [6, 6.07) is 26.5. The van der Waals surface area contributed by atoms with E-state index in [-0.39, 0.29) is 41.2 Å². The summed E-state index contributed by atoms with van der Waals surface area (Å²) in [5, 5.41) is 12.7. The van der Waals surface area contributed by atoms with Crippen molar-refractivity contribution in [3.05, 3.63) is 103 Å². The molecule has 1 aliphatic rings. The van der Waals surface area contributed by atoms with E-state index in [1.807, 2.05) is 12.1 Å². The van der Waals surface area contributed by atoms with E-state index < -0.39 is 37.1 Å². The van der Waals surface area contributed by atoms with Crippen LogP contribution in [0.1, 0.15) is 36.9 Å². The molecule has 240 valence electrons. The number of carbonyl (C=O) groups excluding carboxylic acids is 3. The molecule has 2 amide bonds. The second kappa shape index (κ2) is 13.8. The minimum absolute atomic E-state index is 0.115. The van der Waals surface area contributed by atoms with Crippen LogP contribution in [0.25, 0.3) is 11.2 Å². The van der Waals surface area contributed by atoms with Crippen LogP contribution in [0.4, 0.5) is 22.1 Å². The van der Waals surface area contributed by atoms with Gasteiger partial charge in [-0.15, -0.1) is 0 Å². The highest BCUT2D eigenvalue weighted by atomic mass is 16.6.